The zero-order valence-electron chi connectivity index (χ0n) is 22.3. The molecular formula is C28H19F5N4O7. The largest absolute Gasteiger partial charge is 0.586 e. The molecule has 2 aromatic heterocycles. The Balaban J connectivity index is 1.34. The van der Waals surface area contributed by atoms with Gasteiger partial charge in [0, 0.05) is 42.2 Å². The van der Waals surface area contributed by atoms with E-state index in [1.165, 1.54) is 61.6 Å². The molecule has 2 aliphatic heterocycles. The predicted octanol–water partition coefficient (Wildman–Crippen LogP) is 5.23. The number of rotatable bonds is 6. The van der Waals surface area contributed by atoms with Crippen LogP contribution in [0.25, 0.3) is 5.69 Å². The van der Waals surface area contributed by atoms with E-state index in [4.69, 9.17) is 14.6 Å². The van der Waals surface area contributed by atoms with E-state index in [1.54, 1.807) is 0 Å². The van der Waals surface area contributed by atoms with E-state index in [1.807, 2.05) is 0 Å². The summed E-state index contributed by atoms with van der Waals surface area (Å²) in [6.45, 7) is -0.594. The van der Waals surface area contributed by atoms with Gasteiger partial charge in [-0.15, -0.1) is 8.78 Å². The monoisotopic (exact) mass is 618 g/mol. The van der Waals surface area contributed by atoms with Crippen LogP contribution in [0.4, 0.5) is 27.6 Å². The van der Waals surface area contributed by atoms with E-state index in [-0.39, 0.29) is 57.7 Å². The lowest BCUT2D eigenvalue weighted by Crippen LogP contribution is -2.27. The number of hydrogen-bond donors (Lipinski definition) is 1. The lowest BCUT2D eigenvalue weighted by Gasteiger charge is -2.25. The Morgan fingerprint density at radius 2 is 1.84 bits per heavy atom. The fourth-order valence-electron chi connectivity index (χ4n) is 4.75. The number of ether oxygens (including phenoxy) is 4. The molecule has 0 radical (unpaired) electrons. The van der Waals surface area contributed by atoms with Gasteiger partial charge in [0.15, 0.2) is 23.3 Å². The summed E-state index contributed by atoms with van der Waals surface area (Å²) < 4.78 is 90.1. The van der Waals surface area contributed by atoms with E-state index >= 15 is 0 Å². The summed E-state index contributed by atoms with van der Waals surface area (Å²) in [5, 5.41) is 12.9. The number of anilines is 1. The van der Waals surface area contributed by atoms with Crippen LogP contribution in [-0.4, -0.2) is 51.7 Å². The van der Waals surface area contributed by atoms with Crippen LogP contribution in [0.3, 0.4) is 0 Å². The van der Waals surface area contributed by atoms with Gasteiger partial charge in [0.25, 0.3) is 5.91 Å². The van der Waals surface area contributed by atoms with Gasteiger partial charge in [-0.2, -0.15) is 18.3 Å². The first-order chi connectivity index (χ1) is 20.8. The number of halogens is 5. The maximum absolute atomic E-state index is 14.1. The fourth-order valence-corrected chi connectivity index (χ4v) is 4.75. The summed E-state index contributed by atoms with van der Waals surface area (Å²) in [5.41, 5.74) is -1.28. The molecule has 4 heterocycles. The molecule has 0 bridgehead atoms. The summed E-state index contributed by atoms with van der Waals surface area (Å²) in [4.78, 5) is 29.6. The third-order valence-corrected chi connectivity index (χ3v) is 6.77. The van der Waals surface area contributed by atoms with Crippen molar-refractivity contribution in [3.8, 4) is 23.1 Å². The van der Waals surface area contributed by atoms with Crippen molar-refractivity contribution in [2.24, 2.45) is 0 Å². The van der Waals surface area contributed by atoms with Crippen molar-refractivity contribution in [2.75, 3.05) is 18.6 Å². The summed E-state index contributed by atoms with van der Waals surface area (Å²) in [7, 11) is 1.38. The maximum Gasteiger partial charge on any atom is 0.586 e. The Morgan fingerprint density at radius 1 is 1.07 bits per heavy atom. The molecule has 1 atom stereocenters. The number of carboxylic acid groups (broad SMARTS) is 1. The van der Waals surface area contributed by atoms with E-state index in [2.05, 4.69) is 19.6 Å². The number of aromatic carboxylic acids is 1. The molecule has 228 valence electrons. The fraction of sp³-hybridized carbons (Fsp3) is 0.214. The molecule has 1 amide bonds. The summed E-state index contributed by atoms with van der Waals surface area (Å²) >= 11 is 0. The lowest BCUT2D eigenvalue weighted by molar-refractivity contribution is -0.286. The number of fused-ring (bicyclic) bond motifs is 2. The van der Waals surface area contributed by atoms with Crippen LogP contribution in [-0.2, 0) is 17.5 Å². The van der Waals surface area contributed by atoms with Crippen molar-refractivity contribution >= 4 is 17.6 Å². The molecule has 16 heteroatoms. The van der Waals surface area contributed by atoms with E-state index in [0.717, 1.165) is 15.8 Å². The van der Waals surface area contributed by atoms with Gasteiger partial charge < -0.3 is 29.0 Å². The van der Waals surface area contributed by atoms with Crippen molar-refractivity contribution in [1.82, 2.24) is 14.8 Å². The molecule has 2 aromatic carbocycles. The molecular weight excluding hydrogens is 599 g/mol. The SMILES string of the molecule is CN(C(=O)c1cccc(-n2nc(C(F)(F)F)c3c2[C@@H](Oc2ccc(C(=O)O)cn2)COC3)c1)c1ccc2c(c1)OC(F)(F)O2. The number of alkyl halides is 5. The molecule has 0 spiro atoms. The Hall–Kier alpha value is -5.25. The number of hydrogen-bond acceptors (Lipinski definition) is 8. The van der Waals surface area contributed by atoms with Gasteiger partial charge in [-0.3, -0.25) is 4.79 Å². The standard InChI is InChI=1S/C28H19F5N4O7/c1-36(16-6-7-19-20(10-16)44-28(32,33)43-19)25(38)14-3-2-4-17(9-14)37-23-18(24(35-37)27(29,30)31)12-41-13-21(23)42-22-8-5-15(11-34-22)26(39)40/h2-11,21H,12-13H2,1H3,(H,39,40)/t21-/m0/s1. The molecule has 0 aliphatic carbocycles. The second-order valence-electron chi connectivity index (χ2n) is 9.65. The van der Waals surface area contributed by atoms with Crippen LogP contribution in [0.2, 0.25) is 0 Å². The van der Waals surface area contributed by atoms with Gasteiger partial charge in [0.05, 0.1) is 30.2 Å². The third kappa shape index (κ3) is 5.34. The van der Waals surface area contributed by atoms with Crippen LogP contribution in [0.15, 0.2) is 60.8 Å². The van der Waals surface area contributed by atoms with Crippen molar-refractivity contribution in [3.63, 3.8) is 0 Å². The minimum atomic E-state index is -4.86. The van der Waals surface area contributed by atoms with Gasteiger partial charge in [-0.25, -0.2) is 14.5 Å². The molecule has 0 saturated carbocycles. The van der Waals surface area contributed by atoms with E-state index < -0.39 is 42.8 Å². The van der Waals surface area contributed by atoms with Crippen LogP contribution >= 0.6 is 0 Å². The smallest absolute Gasteiger partial charge is 0.478 e. The number of carbonyl (C=O) groups is 2. The number of carboxylic acids is 1. The van der Waals surface area contributed by atoms with Crippen LogP contribution in [0, 0.1) is 0 Å². The zero-order chi connectivity index (χ0) is 31.4. The average Bonchev–Trinajstić information content (AvgIpc) is 3.53. The normalized spacial score (nSPS) is 16.7. The van der Waals surface area contributed by atoms with Crippen molar-refractivity contribution in [2.45, 2.75) is 25.2 Å². The number of amides is 1. The topological polar surface area (TPSA) is 125 Å². The quantitative estimate of drug-likeness (QED) is 0.289. The highest BCUT2D eigenvalue weighted by molar-refractivity contribution is 6.06. The van der Waals surface area contributed by atoms with Gasteiger partial charge in [-0.1, -0.05) is 6.07 Å². The summed E-state index contributed by atoms with van der Waals surface area (Å²) in [5.74, 6) is -2.39. The average molecular weight is 618 g/mol. The van der Waals surface area contributed by atoms with Crippen molar-refractivity contribution in [3.05, 3.63) is 88.9 Å². The molecule has 1 N–H and O–H groups in total. The van der Waals surface area contributed by atoms with Crippen molar-refractivity contribution < 1.29 is 55.6 Å². The number of pyridine rings is 1. The second-order valence-corrected chi connectivity index (χ2v) is 9.65. The maximum atomic E-state index is 14.1. The van der Waals surface area contributed by atoms with Crippen LogP contribution < -0.4 is 19.1 Å². The van der Waals surface area contributed by atoms with Crippen LogP contribution in [0.5, 0.6) is 17.4 Å². The Morgan fingerprint density at radius 3 is 2.55 bits per heavy atom. The first-order valence-electron chi connectivity index (χ1n) is 12.7. The molecule has 2 aliphatic rings. The van der Waals surface area contributed by atoms with E-state index in [0.29, 0.717) is 0 Å². The second kappa shape index (κ2) is 10.5. The summed E-state index contributed by atoms with van der Waals surface area (Å²) in [6, 6.07) is 11.9. The highest BCUT2D eigenvalue weighted by atomic mass is 19.4. The predicted molar refractivity (Wildman–Crippen MR) is 138 cm³/mol. The third-order valence-electron chi connectivity index (χ3n) is 6.77. The van der Waals surface area contributed by atoms with Gasteiger partial charge in [0.2, 0.25) is 5.88 Å². The first-order valence-corrected chi connectivity index (χ1v) is 12.7. The lowest BCUT2D eigenvalue weighted by atomic mass is 10.1. The van der Waals surface area contributed by atoms with Crippen molar-refractivity contribution in [1.29, 1.82) is 0 Å². The first kappa shape index (κ1) is 28.9. The zero-order valence-corrected chi connectivity index (χ0v) is 22.3. The number of aromatic nitrogens is 3. The highest BCUT2D eigenvalue weighted by Gasteiger charge is 2.44. The van der Waals surface area contributed by atoms with E-state index in [9.17, 15) is 31.5 Å². The van der Waals surface area contributed by atoms with Crippen LogP contribution in [0.1, 0.15) is 43.8 Å². The number of benzene rings is 2. The highest BCUT2D eigenvalue weighted by Crippen LogP contribution is 2.43. The number of nitrogens with zero attached hydrogens (tertiary/aromatic N) is 4. The Bertz CT molecular complexity index is 1780. The summed E-state index contributed by atoms with van der Waals surface area (Å²) in [6.07, 6.45) is -8.80. The minimum absolute atomic E-state index is 0.00217. The molecule has 0 fully saturated rings. The molecule has 44 heavy (non-hydrogen) atoms. The van der Waals surface area contributed by atoms with Gasteiger partial charge in [-0.05, 0) is 36.4 Å². The number of carbonyl (C=O) groups excluding carboxylic acids is 1. The molecule has 11 nitrogen and oxygen atoms in total. The van der Waals surface area contributed by atoms with Gasteiger partial charge >= 0.3 is 18.4 Å². The Labute approximate surface area is 243 Å². The molecule has 4 aromatic rings. The Kier molecular flexibility index (Phi) is 6.87. The molecule has 0 unspecified atom stereocenters. The molecule has 0 saturated heterocycles. The minimum Gasteiger partial charge on any atom is -0.478 e. The van der Waals surface area contributed by atoms with Gasteiger partial charge in [0.1, 0.15) is 0 Å². The molecule has 6 rings (SSSR count).